The van der Waals surface area contributed by atoms with Gasteiger partial charge in [0.2, 0.25) is 0 Å². The van der Waals surface area contributed by atoms with Gasteiger partial charge in [-0.1, -0.05) is 20.8 Å². The zero-order valence-corrected chi connectivity index (χ0v) is 15.1. The van der Waals surface area contributed by atoms with Gasteiger partial charge in [0.1, 0.15) is 12.3 Å². The molecule has 0 N–H and O–H groups in total. The van der Waals surface area contributed by atoms with Gasteiger partial charge in [-0.2, -0.15) is 4.68 Å². The first-order chi connectivity index (χ1) is 10.6. The zero-order valence-electron chi connectivity index (χ0n) is 14.1. The van der Waals surface area contributed by atoms with Crippen molar-refractivity contribution >= 4 is 14.1 Å². The lowest BCUT2D eigenvalue weighted by molar-refractivity contribution is -0.389. The Balaban J connectivity index is 2.06. The predicted molar refractivity (Wildman–Crippen MR) is 90.0 cm³/mol. The Morgan fingerprint density at radius 1 is 1.30 bits per heavy atom. The molecule has 2 aromatic heterocycles. The third kappa shape index (κ3) is 4.16. The number of nitrogens with zero attached hydrogens (tertiary/aromatic N) is 4. The van der Waals surface area contributed by atoms with Gasteiger partial charge in [0, 0.05) is 0 Å². The molecule has 0 atom stereocenters. The molecule has 2 heterocycles. The predicted octanol–water partition coefficient (Wildman–Crippen LogP) is 3.62. The molecule has 7 nitrogen and oxygen atoms in total. The summed E-state index contributed by atoms with van der Waals surface area (Å²) in [6, 6.07) is 5.12. The van der Waals surface area contributed by atoms with Crippen molar-refractivity contribution in [2.24, 2.45) is 0 Å². The van der Waals surface area contributed by atoms with Crippen LogP contribution < -0.4 is 4.43 Å². The molecule has 0 saturated heterocycles. The summed E-state index contributed by atoms with van der Waals surface area (Å²) in [7, 11) is -1.88. The molecule has 2 rings (SSSR count). The largest absolute Gasteiger partial charge is 0.542 e. The van der Waals surface area contributed by atoms with E-state index in [0.29, 0.717) is 6.54 Å². The number of pyridine rings is 1. The summed E-state index contributed by atoms with van der Waals surface area (Å²) in [4.78, 5) is 14.5. The normalized spacial score (nSPS) is 12.2. The Hall–Kier alpha value is -2.22. The molecule has 0 unspecified atom stereocenters. The van der Waals surface area contributed by atoms with Crippen LogP contribution in [0.4, 0.5) is 5.82 Å². The SMILES string of the molecule is CC(C)(C)[Si](C)(C)Oc1ccc(Cn2ccc([N+](=O)[O-])n2)nc1. The second kappa shape index (κ2) is 6.11. The van der Waals surface area contributed by atoms with Crippen molar-refractivity contribution in [3.8, 4) is 5.75 Å². The van der Waals surface area contributed by atoms with E-state index < -0.39 is 13.2 Å². The Morgan fingerprint density at radius 2 is 2.00 bits per heavy atom. The Morgan fingerprint density at radius 3 is 2.48 bits per heavy atom. The molecule has 0 amide bonds. The maximum absolute atomic E-state index is 10.6. The summed E-state index contributed by atoms with van der Waals surface area (Å²) in [5, 5.41) is 14.6. The molecule has 0 bridgehead atoms. The minimum atomic E-state index is -1.88. The van der Waals surface area contributed by atoms with Gasteiger partial charge in [0.05, 0.1) is 29.3 Å². The Kier molecular flexibility index (Phi) is 4.55. The minimum Gasteiger partial charge on any atom is -0.542 e. The summed E-state index contributed by atoms with van der Waals surface area (Å²) in [6.45, 7) is 11.3. The van der Waals surface area contributed by atoms with E-state index in [0.717, 1.165) is 11.4 Å². The topological polar surface area (TPSA) is 83.1 Å². The van der Waals surface area contributed by atoms with Crippen molar-refractivity contribution in [1.82, 2.24) is 14.8 Å². The molecule has 0 aromatic carbocycles. The van der Waals surface area contributed by atoms with Gasteiger partial charge in [-0.05, 0) is 35.2 Å². The summed E-state index contributed by atoms with van der Waals surface area (Å²) in [6.07, 6.45) is 3.27. The van der Waals surface area contributed by atoms with Gasteiger partial charge in [-0.25, -0.2) is 0 Å². The van der Waals surface area contributed by atoms with Crippen LogP contribution in [-0.4, -0.2) is 28.0 Å². The van der Waals surface area contributed by atoms with E-state index in [-0.39, 0.29) is 10.9 Å². The van der Waals surface area contributed by atoms with Gasteiger partial charge in [0.15, 0.2) is 0 Å². The van der Waals surface area contributed by atoms with Crippen LogP contribution in [0.5, 0.6) is 5.75 Å². The standard InChI is InChI=1S/C15H22N4O3Si/c1-15(2,3)23(4,5)22-13-7-6-12(16-10-13)11-18-9-8-14(17-18)19(20)21/h6-10H,11H2,1-5H3. The van der Waals surface area contributed by atoms with Crippen LogP contribution in [0.15, 0.2) is 30.6 Å². The number of aromatic nitrogens is 3. The number of hydrogen-bond donors (Lipinski definition) is 0. The highest BCUT2D eigenvalue weighted by Crippen LogP contribution is 2.37. The number of nitro groups is 1. The summed E-state index contributed by atoms with van der Waals surface area (Å²) >= 11 is 0. The first-order valence-corrected chi connectivity index (χ1v) is 10.3. The van der Waals surface area contributed by atoms with Crippen LogP contribution in [0, 0.1) is 10.1 Å². The number of hydrogen-bond acceptors (Lipinski definition) is 5. The molecule has 0 aliphatic heterocycles. The highest BCUT2D eigenvalue weighted by molar-refractivity contribution is 6.74. The molecule has 0 spiro atoms. The van der Waals surface area contributed by atoms with Crippen molar-refractivity contribution < 1.29 is 9.35 Å². The van der Waals surface area contributed by atoms with E-state index in [2.05, 4.69) is 43.9 Å². The summed E-state index contributed by atoms with van der Waals surface area (Å²) in [5.41, 5.74) is 0.769. The molecule has 8 heteroatoms. The fourth-order valence-corrected chi connectivity index (χ4v) is 2.73. The van der Waals surface area contributed by atoms with Crippen molar-refractivity contribution in [2.45, 2.75) is 45.4 Å². The molecule has 0 saturated carbocycles. The molecule has 23 heavy (non-hydrogen) atoms. The smallest absolute Gasteiger partial charge is 0.389 e. The van der Waals surface area contributed by atoms with Crippen molar-refractivity contribution in [2.75, 3.05) is 0 Å². The first kappa shape index (κ1) is 17.1. The monoisotopic (exact) mass is 334 g/mol. The fourth-order valence-electron chi connectivity index (χ4n) is 1.71. The van der Waals surface area contributed by atoms with Crippen LogP contribution in [0.1, 0.15) is 26.5 Å². The van der Waals surface area contributed by atoms with Gasteiger partial charge < -0.3 is 14.5 Å². The molecular weight excluding hydrogens is 312 g/mol. The van der Waals surface area contributed by atoms with Crippen LogP contribution in [0.2, 0.25) is 18.1 Å². The minimum absolute atomic E-state index is 0.125. The molecule has 0 fully saturated rings. The van der Waals surface area contributed by atoms with E-state index in [1.807, 2.05) is 12.1 Å². The Bertz CT molecular complexity index is 689. The van der Waals surface area contributed by atoms with Gasteiger partial charge >= 0.3 is 5.82 Å². The van der Waals surface area contributed by atoms with Crippen molar-refractivity contribution in [3.63, 3.8) is 0 Å². The second-order valence-electron chi connectivity index (χ2n) is 6.98. The van der Waals surface area contributed by atoms with Crippen LogP contribution in [-0.2, 0) is 6.54 Å². The summed E-state index contributed by atoms with van der Waals surface area (Å²) in [5.74, 6) is 0.592. The molecule has 0 aliphatic carbocycles. The molecular formula is C15H22N4O3Si. The van der Waals surface area contributed by atoms with Gasteiger partial charge in [0.25, 0.3) is 8.32 Å². The van der Waals surface area contributed by atoms with Crippen LogP contribution in [0.25, 0.3) is 0 Å². The number of rotatable bonds is 5. The highest BCUT2D eigenvalue weighted by atomic mass is 28.4. The quantitative estimate of drug-likeness (QED) is 0.474. The summed E-state index contributed by atoms with van der Waals surface area (Å²) < 4.78 is 7.67. The Labute approximate surface area is 136 Å². The van der Waals surface area contributed by atoms with E-state index >= 15 is 0 Å². The maximum atomic E-state index is 10.6. The van der Waals surface area contributed by atoms with Crippen molar-refractivity contribution in [3.05, 3.63) is 46.4 Å². The lowest BCUT2D eigenvalue weighted by atomic mass is 10.2. The van der Waals surface area contributed by atoms with E-state index in [1.165, 1.54) is 10.7 Å². The average Bonchev–Trinajstić information content (AvgIpc) is 2.88. The van der Waals surface area contributed by atoms with E-state index in [9.17, 15) is 10.1 Å². The van der Waals surface area contributed by atoms with Crippen LogP contribution >= 0.6 is 0 Å². The van der Waals surface area contributed by atoms with Crippen molar-refractivity contribution in [1.29, 1.82) is 0 Å². The average molecular weight is 334 g/mol. The molecule has 124 valence electrons. The third-order valence-electron chi connectivity index (χ3n) is 4.11. The maximum Gasteiger partial charge on any atom is 0.389 e. The van der Waals surface area contributed by atoms with Gasteiger partial charge in [-0.3, -0.25) is 4.98 Å². The van der Waals surface area contributed by atoms with Gasteiger partial charge in [-0.15, -0.1) is 0 Å². The molecule has 2 aromatic rings. The van der Waals surface area contributed by atoms with E-state index in [4.69, 9.17) is 4.43 Å². The fraction of sp³-hybridized carbons (Fsp3) is 0.467. The molecule has 0 aliphatic rings. The highest BCUT2D eigenvalue weighted by Gasteiger charge is 2.38. The van der Waals surface area contributed by atoms with Crippen LogP contribution in [0.3, 0.4) is 0 Å². The zero-order chi connectivity index (χ0) is 17.3. The second-order valence-corrected chi connectivity index (χ2v) is 11.7. The third-order valence-corrected chi connectivity index (χ3v) is 8.47. The van der Waals surface area contributed by atoms with E-state index in [1.54, 1.807) is 12.4 Å². The first-order valence-electron chi connectivity index (χ1n) is 7.40. The lowest BCUT2D eigenvalue weighted by Crippen LogP contribution is -2.43. The lowest BCUT2D eigenvalue weighted by Gasteiger charge is -2.36. The molecule has 0 radical (unpaired) electrons.